The topological polar surface area (TPSA) is 56.2 Å². The predicted molar refractivity (Wildman–Crippen MR) is 54.8 cm³/mol. The lowest BCUT2D eigenvalue weighted by Gasteiger charge is -2.21. The fourth-order valence-electron chi connectivity index (χ4n) is 1.56. The molecule has 1 unspecified atom stereocenters. The van der Waals surface area contributed by atoms with Gasteiger partial charge in [0.25, 0.3) is 0 Å². The summed E-state index contributed by atoms with van der Waals surface area (Å²) in [6.07, 6.45) is 3.06. The Hall–Kier alpha value is -1.20. The van der Waals surface area contributed by atoms with Crippen LogP contribution in [0.4, 0.5) is 0 Å². The third-order valence-corrected chi connectivity index (χ3v) is 2.47. The van der Waals surface area contributed by atoms with Crippen LogP contribution in [0.15, 0.2) is 12.5 Å². The van der Waals surface area contributed by atoms with Crippen LogP contribution in [0.25, 0.3) is 0 Å². The lowest BCUT2D eigenvalue weighted by molar-refractivity contribution is 0.0266. The summed E-state index contributed by atoms with van der Waals surface area (Å²) >= 11 is 0. The average molecular weight is 209 g/mol. The minimum absolute atomic E-state index is 0.0330. The van der Waals surface area contributed by atoms with E-state index in [9.17, 15) is 4.79 Å². The second-order valence-electron chi connectivity index (χ2n) is 3.52. The van der Waals surface area contributed by atoms with Gasteiger partial charge < -0.3 is 14.6 Å². The summed E-state index contributed by atoms with van der Waals surface area (Å²) < 4.78 is 7.25. The number of nitrogens with one attached hydrogen (secondary N) is 1. The average Bonchev–Trinajstić information content (AvgIpc) is 2.78. The summed E-state index contributed by atoms with van der Waals surface area (Å²) in [5.41, 5.74) is 0.491. The van der Waals surface area contributed by atoms with Crippen molar-refractivity contribution in [3.63, 3.8) is 0 Å². The molecule has 1 saturated heterocycles. The molecule has 82 valence electrons. The molecule has 1 aromatic heterocycles. The minimum Gasteiger partial charge on any atom is -0.367 e. The highest BCUT2D eigenvalue weighted by atomic mass is 16.5. The zero-order valence-corrected chi connectivity index (χ0v) is 8.77. The normalized spacial score (nSPS) is 21.5. The third kappa shape index (κ3) is 2.24. The van der Waals surface area contributed by atoms with Crippen LogP contribution in [-0.2, 0) is 11.3 Å². The number of nitrogens with zero attached hydrogens (tertiary/aromatic N) is 2. The molecule has 0 bridgehead atoms. The van der Waals surface area contributed by atoms with E-state index in [0.717, 1.165) is 13.1 Å². The van der Waals surface area contributed by atoms with Crippen molar-refractivity contribution in [1.29, 1.82) is 0 Å². The van der Waals surface area contributed by atoms with Crippen molar-refractivity contribution in [3.8, 4) is 0 Å². The van der Waals surface area contributed by atoms with E-state index in [0.29, 0.717) is 18.8 Å². The van der Waals surface area contributed by atoms with E-state index in [1.54, 1.807) is 12.5 Å². The maximum absolute atomic E-state index is 11.9. The number of Topliss-reactive ketones (excluding diaryl/α,β-unsaturated/α-hetero) is 1. The zero-order valence-electron chi connectivity index (χ0n) is 8.77. The Balaban J connectivity index is 2.05. The molecule has 0 saturated carbocycles. The van der Waals surface area contributed by atoms with Gasteiger partial charge in [-0.1, -0.05) is 0 Å². The van der Waals surface area contributed by atoms with Crippen LogP contribution in [0.5, 0.6) is 0 Å². The van der Waals surface area contributed by atoms with Crippen LogP contribution in [0, 0.1) is 0 Å². The number of imidazole rings is 1. The molecular weight excluding hydrogens is 194 g/mol. The van der Waals surface area contributed by atoms with Gasteiger partial charge in [0, 0.05) is 25.8 Å². The number of aromatic nitrogens is 2. The molecule has 1 atom stereocenters. The van der Waals surface area contributed by atoms with Gasteiger partial charge in [-0.15, -0.1) is 0 Å². The number of morpholine rings is 1. The second kappa shape index (κ2) is 4.55. The van der Waals surface area contributed by atoms with E-state index >= 15 is 0 Å². The van der Waals surface area contributed by atoms with E-state index in [4.69, 9.17) is 4.74 Å². The first-order chi connectivity index (χ1) is 7.31. The van der Waals surface area contributed by atoms with Crippen molar-refractivity contribution in [3.05, 3.63) is 18.2 Å². The summed E-state index contributed by atoms with van der Waals surface area (Å²) in [6, 6.07) is 0. The first kappa shape index (κ1) is 10.3. The van der Waals surface area contributed by atoms with Gasteiger partial charge in [0.2, 0.25) is 5.78 Å². The van der Waals surface area contributed by atoms with Crippen molar-refractivity contribution in [2.24, 2.45) is 0 Å². The van der Waals surface area contributed by atoms with Gasteiger partial charge in [-0.2, -0.15) is 0 Å². The molecule has 1 fully saturated rings. The third-order valence-electron chi connectivity index (χ3n) is 2.47. The van der Waals surface area contributed by atoms with Crippen molar-refractivity contribution in [2.45, 2.75) is 19.6 Å². The standard InChI is InChI=1S/C10H15N3O2/c1-2-13-6-8(12-7-13)10(14)9-5-11-3-4-15-9/h6-7,9,11H,2-5H2,1H3. The summed E-state index contributed by atoms with van der Waals surface area (Å²) in [6.45, 7) is 4.81. The minimum atomic E-state index is -0.376. The molecule has 2 rings (SSSR count). The zero-order chi connectivity index (χ0) is 10.7. The van der Waals surface area contributed by atoms with Gasteiger partial charge in [0.15, 0.2) is 0 Å². The number of rotatable bonds is 3. The van der Waals surface area contributed by atoms with E-state index in [2.05, 4.69) is 10.3 Å². The Morgan fingerprint density at radius 2 is 2.67 bits per heavy atom. The molecule has 15 heavy (non-hydrogen) atoms. The van der Waals surface area contributed by atoms with Crippen LogP contribution in [0.3, 0.4) is 0 Å². The molecule has 5 nitrogen and oxygen atoms in total. The highest BCUT2D eigenvalue weighted by Crippen LogP contribution is 2.06. The number of carbonyl (C=O) groups is 1. The summed E-state index contributed by atoms with van der Waals surface area (Å²) in [5.74, 6) is -0.0330. The number of hydrogen-bond donors (Lipinski definition) is 1. The monoisotopic (exact) mass is 209 g/mol. The predicted octanol–water partition coefficient (Wildman–Crippen LogP) is 0.0741. The molecule has 5 heteroatoms. The van der Waals surface area contributed by atoms with Crippen LogP contribution >= 0.6 is 0 Å². The second-order valence-corrected chi connectivity index (χ2v) is 3.52. The van der Waals surface area contributed by atoms with E-state index < -0.39 is 0 Å². The van der Waals surface area contributed by atoms with Gasteiger partial charge in [-0.3, -0.25) is 4.79 Å². The van der Waals surface area contributed by atoms with Gasteiger partial charge in [0.1, 0.15) is 11.8 Å². The Kier molecular flexibility index (Phi) is 3.13. The Bertz CT molecular complexity index is 342. The van der Waals surface area contributed by atoms with Crippen LogP contribution in [0.2, 0.25) is 0 Å². The van der Waals surface area contributed by atoms with Gasteiger partial charge in [0.05, 0.1) is 12.9 Å². The van der Waals surface area contributed by atoms with Crippen LogP contribution in [0.1, 0.15) is 17.4 Å². The smallest absolute Gasteiger partial charge is 0.212 e. The number of ether oxygens (including phenoxy) is 1. The number of hydrogen-bond acceptors (Lipinski definition) is 4. The molecule has 1 aliphatic heterocycles. The molecule has 0 amide bonds. The van der Waals surface area contributed by atoms with E-state index in [-0.39, 0.29) is 11.9 Å². The SMILES string of the molecule is CCn1cnc(C(=O)C2CNCCO2)c1. The lowest BCUT2D eigenvalue weighted by Crippen LogP contribution is -2.43. The molecule has 1 aromatic rings. The van der Waals surface area contributed by atoms with Crippen LogP contribution < -0.4 is 5.32 Å². The fraction of sp³-hybridized carbons (Fsp3) is 0.600. The molecule has 1 N–H and O–H groups in total. The Morgan fingerprint density at radius 3 is 3.27 bits per heavy atom. The number of carbonyl (C=O) groups excluding carboxylic acids is 1. The first-order valence-electron chi connectivity index (χ1n) is 5.19. The molecule has 2 heterocycles. The van der Waals surface area contributed by atoms with Crippen molar-refractivity contribution in [2.75, 3.05) is 19.7 Å². The first-order valence-corrected chi connectivity index (χ1v) is 5.19. The van der Waals surface area contributed by atoms with Gasteiger partial charge >= 0.3 is 0 Å². The van der Waals surface area contributed by atoms with Crippen molar-refractivity contribution in [1.82, 2.24) is 14.9 Å². The summed E-state index contributed by atoms with van der Waals surface area (Å²) in [7, 11) is 0. The highest BCUT2D eigenvalue weighted by Gasteiger charge is 2.24. The Morgan fingerprint density at radius 1 is 1.80 bits per heavy atom. The number of aryl methyl sites for hydroxylation is 1. The number of ketones is 1. The van der Waals surface area contributed by atoms with Gasteiger partial charge in [-0.05, 0) is 6.92 Å². The van der Waals surface area contributed by atoms with E-state index in [1.165, 1.54) is 0 Å². The largest absolute Gasteiger partial charge is 0.367 e. The van der Waals surface area contributed by atoms with Gasteiger partial charge in [-0.25, -0.2) is 4.98 Å². The molecule has 0 spiro atoms. The fourth-order valence-corrected chi connectivity index (χ4v) is 1.56. The highest BCUT2D eigenvalue weighted by molar-refractivity contribution is 5.97. The molecule has 1 aliphatic rings. The summed E-state index contributed by atoms with van der Waals surface area (Å²) in [5, 5.41) is 3.13. The molecule has 0 aliphatic carbocycles. The molecule has 0 radical (unpaired) electrons. The summed E-state index contributed by atoms with van der Waals surface area (Å²) in [4.78, 5) is 16.0. The maximum Gasteiger partial charge on any atom is 0.212 e. The maximum atomic E-state index is 11.9. The molecule has 0 aromatic carbocycles. The van der Waals surface area contributed by atoms with Crippen molar-refractivity contribution >= 4 is 5.78 Å². The van der Waals surface area contributed by atoms with Crippen LogP contribution in [-0.4, -0.2) is 41.1 Å². The van der Waals surface area contributed by atoms with E-state index in [1.807, 2.05) is 11.5 Å². The Labute approximate surface area is 88.4 Å². The lowest BCUT2D eigenvalue weighted by atomic mass is 10.1. The molecular formula is C10H15N3O2. The van der Waals surface area contributed by atoms with Crippen molar-refractivity contribution < 1.29 is 9.53 Å². The quantitative estimate of drug-likeness (QED) is 0.716.